The van der Waals surface area contributed by atoms with Gasteiger partial charge in [0.05, 0.1) is 4.90 Å². The first-order valence-corrected chi connectivity index (χ1v) is 9.95. The quantitative estimate of drug-likeness (QED) is 0.769. The van der Waals surface area contributed by atoms with Crippen LogP contribution < -0.4 is 10.9 Å². The second kappa shape index (κ2) is 7.73. The third-order valence-corrected chi connectivity index (χ3v) is 6.22. The molecule has 7 nitrogen and oxygen atoms in total. The fourth-order valence-electron chi connectivity index (χ4n) is 2.29. The van der Waals surface area contributed by atoms with E-state index in [-0.39, 0.29) is 17.0 Å². The first kappa shape index (κ1) is 20.3. The molecule has 1 N–H and O–H groups in total. The maximum atomic E-state index is 12.4. The second-order valence-electron chi connectivity index (χ2n) is 6.06. The van der Waals surface area contributed by atoms with Crippen molar-refractivity contribution in [2.24, 2.45) is 0 Å². The Balaban J connectivity index is 2.34. The highest BCUT2D eigenvalue weighted by Crippen LogP contribution is 2.25. The number of amides is 1. The molecule has 0 spiro atoms. The Morgan fingerprint density at radius 1 is 1.23 bits per heavy atom. The zero-order chi connectivity index (χ0) is 19.6. The highest BCUT2D eigenvalue weighted by atomic mass is 79.9. The fraction of sp³-hybridized carbons (Fsp3) is 0.294. The lowest BCUT2D eigenvalue weighted by Gasteiger charge is -2.16. The molecular weight excluding hydrogens is 422 g/mol. The van der Waals surface area contributed by atoms with Gasteiger partial charge in [-0.25, -0.2) is 12.7 Å². The average molecular weight is 442 g/mol. The van der Waals surface area contributed by atoms with Gasteiger partial charge in [0.1, 0.15) is 6.54 Å². The van der Waals surface area contributed by atoms with E-state index in [1.807, 2.05) is 0 Å². The Kier molecular flexibility index (Phi) is 6.05. The zero-order valence-corrected chi connectivity index (χ0v) is 17.3. The number of aromatic nitrogens is 1. The van der Waals surface area contributed by atoms with Gasteiger partial charge in [-0.2, -0.15) is 0 Å². The fourth-order valence-corrected chi connectivity index (χ4v) is 3.68. The maximum absolute atomic E-state index is 12.4. The summed E-state index contributed by atoms with van der Waals surface area (Å²) in [6.07, 6.45) is 1.52. The highest BCUT2D eigenvalue weighted by molar-refractivity contribution is 9.10. The van der Waals surface area contributed by atoms with Crippen molar-refractivity contribution >= 4 is 37.5 Å². The number of hydrogen-bond acceptors (Lipinski definition) is 4. The number of nitrogens with zero attached hydrogens (tertiary/aromatic N) is 2. The summed E-state index contributed by atoms with van der Waals surface area (Å²) in [5, 5.41) is 2.70. The van der Waals surface area contributed by atoms with Gasteiger partial charge in [0, 0.05) is 36.5 Å². The molecule has 0 unspecified atom stereocenters. The van der Waals surface area contributed by atoms with Crippen molar-refractivity contribution in [3.63, 3.8) is 0 Å². The smallest absolute Gasteiger partial charge is 0.251 e. The minimum atomic E-state index is -3.63. The second-order valence-corrected chi connectivity index (χ2v) is 9.13. The number of rotatable bonds is 5. The van der Waals surface area contributed by atoms with Gasteiger partial charge in [-0.15, -0.1) is 0 Å². The molecule has 0 aliphatic rings. The number of pyridine rings is 1. The Hall–Kier alpha value is -1.97. The standard InChI is InChI=1S/C17H20BrN3O4S/c1-11-7-14(26(24,25)20(3)4)8-15(12(11)2)19-16(22)10-21-9-13(18)5-6-17(21)23/h5-9H,10H2,1-4H3,(H,19,22). The third kappa shape index (κ3) is 4.40. The van der Waals surface area contributed by atoms with E-state index in [0.29, 0.717) is 10.2 Å². The minimum absolute atomic E-state index is 0.0977. The lowest BCUT2D eigenvalue weighted by molar-refractivity contribution is -0.116. The molecule has 1 heterocycles. The van der Waals surface area contributed by atoms with E-state index in [0.717, 1.165) is 15.4 Å². The first-order valence-electron chi connectivity index (χ1n) is 7.72. The van der Waals surface area contributed by atoms with Gasteiger partial charge in [-0.3, -0.25) is 9.59 Å². The van der Waals surface area contributed by atoms with Gasteiger partial charge in [0.25, 0.3) is 5.56 Å². The molecule has 2 rings (SSSR count). The first-order chi connectivity index (χ1) is 12.0. The molecular formula is C17H20BrN3O4S. The van der Waals surface area contributed by atoms with Crippen molar-refractivity contribution < 1.29 is 13.2 Å². The number of hydrogen-bond donors (Lipinski definition) is 1. The largest absolute Gasteiger partial charge is 0.324 e. The monoisotopic (exact) mass is 441 g/mol. The van der Waals surface area contributed by atoms with Gasteiger partial charge in [-0.05, 0) is 59.1 Å². The van der Waals surface area contributed by atoms with Crippen molar-refractivity contribution in [2.75, 3.05) is 19.4 Å². The predicted octanol–water partition coefficient (Wildman–Crippen LogP) is 2.12. The molecule has 26 heavy (non-hydrogen) atoms. The summed E-state index contributed by atoms with van der Waals surface area (Å²) in [7, 11) is -0.731. The number of nitrogens with one attached hydrogen (secondary N) is 1. The lowest BCUT2D eigenvalue weighted by Crippen LogP contribution is -2.27. The molecule has 140 valence electrons. The van der Waals surface area contributed by atoms with Crippen LogP contribution in [0.15, 0.2) is 44.6 Å². The molecule has 0 fully saturated rings. The van der Waals surface area contributed by atoms with Crippen LogP contribution in [0.25, 0.3) is 0 Å². The number of carbonyl (C=O) groups is 1. The van der Waals surface area contributed by atoms with Crippen molar-refractivity contribution in [1.82, 2.24) is 8.87 Å². The van der Waals surface area contributed by atoms with E-state index in [4.69, 9.17) is 0 Å². The third-order valence-electron chi connectivity index (χ3n) is 3.95. The normalized spacial score (nSPS) is 11.6. The summed E-state index contributed by atoms with van der Waals surface area (Å²) < 4.78 is 27.8. The highest BCUT2D eigenvalue weighted by Gasteiger charge is 2.20. The molecule has 0 saturated carbocycles. The molecule has 0 atom stereocenters. The molecule has 2 aromatic rings. The SMILES string of the molecule is Cc1cc(S(=O)(=O)N(C)C)cc(NC(=O)Cn2cc(Br)ccc2=O)c1C. The number of aryl methyl sites for hydroxylation is 1. The Morgan fingerprint density at radius 2 is 1.88 bits per heavy atom. The molecule has 1 amide bonds. The van der Waals surface area contributed by atoms with E-state index in [9.17, 15) is 18.0 Å². The average Bonchev–Trinajstić information content (AvgIpc) is 2.54. The summed E-state index contributed by atoms with van der Waals surface area (Å²) in [5.41, 5.74) is 1.60. The molecule has 9 heteroatoms. The van der Waals surface area contributed by atoms with Crippen LogP contribution in [0.3, 0.4) is 0 Å². The molecule has 1 aromatic carbocycles. The Bertz CT molecular complexity index is 1010. The van der Waals surface area contributed by atoms with Crippen LogP contribution in [-0.2, 0) is 21.4 Å². The van der Waals surface area contributed by atoms with Crippen molar-refractivity contribution in [1.29, 1.82) is 0 Å². The maximum Gasteiger partial charge on any atom is 0.251 e. The summed E-state index contributed by atoms with van der Waals surface area (Å²) in [6, 6.07) is 5.95. The van der Waals surface area contributed by atoms with E-state index in [1.54, 1.807) is 26.0 Å². The van der Waals surface area contributed by atoms with Crippen LogP contribution in [0.1, 0.15) is 11.1 Å². The number of sulfonamides is 1. The number of carbonyl (C=O) groups excluding carboxylic acids is 1. The van der Waals surface area contributed by atoms with Gasteiger partial charge in [-0.1, -0.05) is 0 Å². The van der Waals surface area contributed by atoms with Gasteiger partial charge < -0.3 is 9.88 Å². The molecule has 0 saturated heterocycles. The van der Waals surface area contributed by atoms with Crippen LogP contribution in [0, 0.1) is 13.8 Å². The summed E-state index contributed by atoms with van der Waals surface area (Å²) in [6.45, 7) is 3.39. The van der Waals surface area contributed by atoms with Crippen molar-refractivity contribution in [3.05, 3.63) is 56.4 Å². The topological polar surface area (TPSA) is 88.5 Å². The Labute approximate surface area is 160 Å². The van der Waals surface area contributed by atoms with Crippen LogP contribution in [-0.4, -0.2) is 37.3 Å². The summed E-state index contributed by atoms with van der Waals surface area (Å²) in [5.74, 6) is -0.424. The van der Waals surface area contributed by atoms with E-state index >= 15 is 0 Å². The molecule has 1 aromatic heterocycles. The van der Waals surface area contributed by atoms with E-state index in [2.05, 4.69) is 21.2 Å². The summed E-state index contributed by atoms with van der Waals surface area (Å²) >= 11 is 3.26. The molecule has 0 aliphatic heterocycles. The van der Waals surface area contributed by atoms with Crippen molar-refractivity contribution in [3.8, 4) is 0 Å². The van der Waals surface area contributed by atoms with Gasteiger partial charge >= 0.3 is 0 Å². The van der Waals surface area contributed by atoms with E-state index in [1.165, 1.54) is 37.0 Å². The van der Waals surface area contributed by atoms with Crippen molar-refractivity contribution in [2.45, 2.75) is 25.3 Å². The van der Waals surface area contributed by atoms with Crippen LogP contribution in [0.2, 0.25) is 0 Å². The predicted molar refractivity (Wildman–Crippen MR) is 104 cm³/mol. The number of anilines is 1. The molecule has 0 radical (unpaired) electrons. The number of halogens is 1. The summed E-state index contributed by atoms with van der Waals surface area (Å²) in [4.78, 5) is 24.3. The zero-order valence-electron chi connectivity index (χ0n) is 14.9. The van der Waals surface area contributed by atoms with Gasteiger partial charge in [0.15, 0.2) is 0 Å². The van der Waals surface area contributed by atoms with Gasteiger partial charge in [0.2, 0.25) is 15.9 Å². The molecule has 0 bridgehead atoms. The van der Waals surface area contributed by atoms with Crippen LogP contribution in [0.4, 0.5) is 5.69 Å². The minimum Gasteiger partial charge on any atom is -0.324 e. The lowest BCUT2D eigenvalue weighted by atomic mass is 10.1. The number of benzene rings is 1. The van der Waals surface area contributed by atoms with Crippen LogP contribution >= 0.6 is 15.9 Å². The van der Waals surface area contributed by atoms with Crippen LogP contribution in [0.5, 0.6) is 0 Å². The van der Waals surface area contributed by atoms with E-state index < -0.39 is 15.9 Å². The molecule has 0 aliphatic carbocycles. The Morgan fingerprint density at radius 3 is 2.50 bits per heavy atom.